The number of halogens is 3. The Morgan fingerprint density at radius 1 is 0.944 bits per heavy atom. The standard InChI is InChI=1S/C14H9F3O/c1-8-6-9(7-18)2-3-10(8)11-4-5-12(15)14(17)13(11)16/h2-7H,1H3. The summed E-state index contributed by atoms with van der Waals surface area (Å²) in [4.78, 5) is 10.6. The van der Waals surface area contributed by atoms with Crippen molar-refractivity contribution >= 4 is 6.29 Å². The molecule has 0 aliphatic rings. The van der Waals surface area contributed by atoms with Crippen LogP contribution in [0, 0.1) is 24.4 Å². The Hall–Kier alpha value is -2.10. The van der Waals surface area contributed by atoms with Crippen molar-refractivity contribution in [1.29, 1.82) is 0 Å². The molecule has 92 valence electrons. The molecule has 0 fully saturated rings. The maximum Gasteiger partial charge on any atom is 0.195 e. The molecule has 2 rings (SSSR count). The molecule has 2 aromatic carbocycles. The Morgan fingerprint density at radius 3 is 2.22 bits per heavy atom. The van der Waals surface area contributed by atoms with E-state index in [0.29, 0.717) is 23.0 Å². The van der Waals surface area contributed by atoms with E-state index < -0.39 is 17.5 Å². The van der Waals surface area contributed by atoms with E-state index in [-0.39, 0.29) is 5.56 Å². The molecule has 0 bridgehead atoms. The van der Waals surface area contributed by atoms with E-state index in [1.807, 2.05) is 0 Å². The molecule has 0 saturated heterocycles. The van der Waals surface area contributed by atoms with Crippen molar-refractivity contribution in [3.63, 3.8) is 0 Å². The Bertz CT molecular complexity index is 621. The molecule has 2 aromatic rings. The number of aryl methyl sites for hydroxylation is 1. The van der Waals surface area contributed by atoms with Crippen LogP contribution in [0.4, 0.5) is 13.2 Å². The normalized spacial score (nSPS) is 10.4. The molecule has 0 aliphatic carbocycles. The van der Waals surface area contributed by atoms with Gasteiger partial charge in [0.05, 0.1) is 0 Å². The topological polar surface area (TPSA) is 17.1 Å². The van der Waals surface area contributed by atoms with Crippen molar-refractivity contribution < 1.29 is 18.0 Å². The summed E-state index contributed by atoms with van der Waals surface area (Å²) >= 11 is 0. The fraction of sp³-hybridized carbons (Fsp3) is 0.0714. The van der Waals surface area contributed by atoms with E-state index in [0.717, 1.165) is 6.07 Å². The first-order valence-corrected chi connectivity index (χ1v) is 5.24. The molecular formula is C14H9F3O. The highest BCUT2D eigenvalue weighted by atomic mass is 19.2. The van der Waals surface area contributed by atoms with Gasteiger partial charge in [-0.05, 0) is 36.2 Å². The zero-order chi connectivity index (χ0) is 13.3. The quantitative estimate of drug-likeness (QED) is 0.583. The zero-order valence-electron chi connectivity index (χ0n) is 9.51. The van der Waals surface area contributed by atoms with Gasteiger partial charge in [-0.1, -0.05) is 12.1 Å². The third-order valence-corrected chi connectivity index (χ3v) is 2.71. The third-order valence-electron chi connectivity index (χ3n) is 2.71. The van der Waals surface area contributed by atoms with Crippen molar-refractivity contribution in [2.24, 2.45) is 0 Å². The molecule has 0 aliphatic heterocycles. The molecule has 0 N–H and O–H groups in total. The second-order valence-electron chi connectivity index (χ2n) is 3.92. The summed E-state index contributed by atoms with van der Waals surface area (Å²) in [6.07, 6.45) is 0.665. The van der Waals surface area contributed by atoms with Crippen molar-refractivity contribution in [2.45, 2.75) is 6.92 Å². The lowest BCUT2D eigenvalue weighted by Crippen LogP contribution is -1.96. The summed E-state index contributed by atoms with van der Waals surface area (Å²) in [6.45, 7) is 1.67. The van der Waals surface area contributed by atoms with Crippen LogP contribution < -0.4 is 0 Å². The molecule has 0 amide bonds. The van der Waals surface area contributed by atoms with Crippen LogP contribution in [0.1, 0.15) is 15.9 Å². The number of hydrogen-bond donors (Lipinski definition) is 0. The second-order valence-corrected chi connectivity index (χ2v) is 3.92. The van der Waals surface area contributed by atoms with Gasteiger partial charge in [-0.15, -0.1) is 0 Å². The summed E-state index contributed by atoms with van der Waals surface area (Å²) in [5.74, 6) is -3.94. The largest absolute Gasteiger partial charge is 0.298 e. The lowest BCUT2D eigenvalue weighted by atomic mass is 9.98. The van der Waals surface area contributed by atoms with Crippen LogP contribution in [0.15, 0.2) is 30.3 Å². The van der Waals surface area contributed by atoms with E-state index >= 15 is 0 Å². The molecule has 0 heterocycles. The van der Waals surface area contributed by atoms with Gasteiger partial charge in [-0.3, -0.25) is 4.79 Å². The highest BCUT2D eigenvalue weighted by Crippen LogP contribution is 2.28. The molecule has 0 aromatic heterocycles. The summed E-state index contributed by atoms with van der Waals surface area (Å²) < 4.78 is 39.6. The van der Waals surface area contributed by atoms with Gasteiger partial charge in [0.15, 0.2) is 17.5 Å². The third kappa shape index (κ3) is 2.01. The molecule has 0 atom stereocenters. The second kappa shape index (κ2) is 4.64. The number of carbonyl (C=O) groups excluding carboxylic acids is 1. The van der Waals surface area contributed by atoms with Crippen LogP contribution in [0.5, 0.6) is 0 Å². The molecule has 0 spiro atoms. The maximum absolute atomic E-state index is 13.6. The fourth-order valence-electron chi connectivity index (χ4n) is 1.80. The van der Waals surface area contributed by atoms with Gasteiger partial charge in [0.25, 0.3) is 0 Å². The van der Waals surface area contributed by atoms with Gasteiger partial charge < -0.3 is 0 Å². The van der Waals surface area contributed by atoms with Crippen molar-refractivity contribution in [3.8, 4) is 11.1 Å². The van der Waals surface area contributed by atoms with Crippen LogP contribution in [0.3, 0.4) is 0 Å². The fourth-order valence-corrected chi connectivity index (χ4v) is 1.80. The van der Waals surface area contributed by atoms with E-state index in [4.69, 9.17) is 0 Å². The molecule has 1 nitrogen and oxygen atoms in total. The van der Waals surface area contributed by atoms with Gasteiger partial charge in [0.1, 0.15) is 6.29 Å². The lowest BCUT2D eigenvalue weighted by Gasteiger charge is -2.08. The summed E-state index contributed by atoms with van der Waals surface area (Å²) in [5.41, 5.74) is 1.46. The molecule has 0 radical (unpaired) electrons. The van der Waals surface area contributed by atoms with Gasteiger partial charge >= 0.3 is 0 Å². The predicted molar refractivity (Wildman–Crippen MR) is 61.9 cm³/mol. The van der Waals surface area contributed by atoms with Crippen molar-refractivity contribution in [3.05, 3.63) is 58.9 Å². The lowest BCUT2D eigenvalue weighted by molar-refractivity contribution is 0.112. The highest BCUT2D eigenvalue weighted by Gasteiger charge is 2.15. The first kappa shape index (κ1) is 12.4. The molecule has 4 heteroatoms. The van der Waals surface area contributed by atoms with E-state index in [1.54, 1.807) is 13.0 Å². The molecule has 0 unspecified atom stereocenters. The number of hydrogen-bond acceptors (Lipinski definition) is 1. The van der Waals surface area contributed by atoms with Crippen LogP contribution in [0.2, 0.25) is 0 Å². The molecule has 18 heavy (non-hydrogen) atoms. The first-order chi connectivity index (χ1) is 8.54. The minimum absolute atomic E-state index is 0.0242. The minimum atomic E-state index is -1.49. The van der Waals surface area contributed by atoms with Crippen molar-refractivity contribution in [2.75, 3.05) is 0 Å². The highest BCUT2D eigenvalue weighted by molar-refractivity contribution is 5.78. The van der Waals surface area contributed by atoms with Gasteiger partial charge in [-0.2, -0.15) is 0 Å². The Labute approximate surface area is 102 Å². The number of rotatable bonds is 2. The van der Waals surface area contributed by atoms with Crippen LogP contribution >= 0.6 is 0 Å². The minimum Gasteiger partial charge on any atom is -0.298 e. The molecule has 0 saturated carbocycles. The average molecular weight is 250 g/mol. The average Bonchev–Trinajstić information content (AvgIpc) is 2.37. The number of carbonyl (C=O) groups is 1. The Morgan fingerprint density at radius 2 is 1.61 bits per heavy atom. The summed E-state index contributed by atoms with van der Waals surface area (Å²) in [5, 5.41) is 0. The van der Waals surface area contributed by atoms with Crippen LogP contribution in [-0.4, -0.2) is 6.29 Å². The van der Waals surface area contributed by atoms with E-state index in [1.165, 1.54) is 18.2 Å². The zero-order valence-corrected chi connectivity index (χ0v) is 9.51. The SMILES string of the molecule is Cc1cc(C=O)ccc1-c1ccc(F)c(F)c1F. The van der Waals surface area contributed by atoms with Gasteiger partial charge in [-0.25, -0.2) is 13.2 Å². The van der Waals surface area contributed by atoms with E-state index in [9.17, 15) is 18.0 Å². The summed E-state index contributed by atoms with van der Waals surface area (Å²) in [6, 6.07) is 6.62. The number of aldehydes is 1. The Balaban J connectivity index is 2.62. The first-order valence-electron chi connectivity index (χ1n) is 5.24. The van der Waals surface area contributed by atoms with E-state index in [2.05, 4.69) is 0 Å². The smallest absolute Gasteiger partial charge is 0.195 e. The predicted octanol–water partition coefficient (Wildman–Crippen LogP) is 3.89. The monoisotopic (exact) mass is 250 g/mol. The number of benzene rings is 2. The van der Waals surface area contributed by atoms with Gasteiger partial charge in [0.2, 0.25) is 0 Å². The Kier molecular flexibility index (Phi) is 3.19. The summed E-state index contributed by atoms with van der Waals surface area (Å²) in [7, 11) is 0. The molecular weight excluding hydrogens is 241 g/mol. The van der Waals surface area contributed by atoms with Crippen LogP contribution in [-0.2, 0) is 0 Å². The van der Waals surface area contributed by atoms with Gasteiger partial charge in [0, 0.05) is 11.1 Å². The van der Waals surface area contributed by atoms with Crippen molar-refractivity contribution in [1.82, 2.24) is 0 Å². The van der Waals surface area contributed by atoms with Crippen LogP contribution in [0.25, 0.3) is 11.1 Å². The maximum atomic E-state index is 13.6.